The fourth-order valence-corrected chi connectivity index (χ4v) is 2.79. The summed E-state index contributed by atoms with van der Waals surface area (Å²) in [5.74, 6) is -2.66. The van der Waals surface area contributed by atoms with Crippen molar-refractivity contribution in [2.24, 2.45) is 5.41 Å². The molecule has 0 bridgehead atoms. The Morgan fingerprint density at radius 1 is 0.955 bits per heavy atom. The lowest BCUT2D eigenvalue weighted by Crippen LogP contribution is -2.35. The van der Waals surface area contributed by atoms with E-state index in [1.807, 2.05) is 6.92 Å². The van der Waals surface area contributed by atoms with E-state index in [0.717, 1.165) is 38.2 Å². The van der Waals surface area contributed by atoms with Gasteiger partial charge in [-0.25, -0.2) is 9.59 Å². The summed E-state index contributed by atoms with van der Waals surface area (Å²) in [7, 11) is 0. The van der Waals surface area contributed by atoms with Crippen molar-refractivity contribution >= 4 is 23.5 Å². The summed E-state index contributed by atoms with van der Waals surface area (Å²) in [5.41, 5.74) is -0.608. The minimum Gasteiger partial charge on any atom is -0.478 e. The number of hydrogen-bond acceptors (Lipinski definition) is 3. The second kappa shape index (κ2) is 6.17. The first kappa shape index (κ1) is 16.0. The van der Waals surface area contributed by atoms with E-state index in [2.05, 4.69) is 5.32 Å². The third-order valence-corrected chi connectivity index (χ3v) is 4.19. The van der Waals surface area contributed by atoms with Crippen molar-refractivity contribution in [1.82, 2.24) is 0 Å². The third kappa shape index (κ3) is 3.44. The first-order valence-corrected chi connectivity index (χ1v) is 7.25. The normalized spacial score (nSPS) is 16.8. The molecular weight excluding hydrogens is 286 g/mol. The lowest BCUT2D eigenvalue weighted by Gasteiger charge is -2.32. The molecule has 0 spiro atoms. The molecule has 6 nitrogen and oxygen atoms in total. The van der Waals surface area contributed by atoms with Gasteiger partial charge in [0.25, 0.3) is 0 Å². The Morgan fingerprint density at radius 3 is 1.91 bits per heavy atom. The van der Waals surface area contributed by atoms with Gasteiger partial charge in [-0.2, -0.15) is 0 Å². The van der Waals surface area contributed by atoms with Crippen LogP contribution in [0.4, 0.5) is 5.69 Å². The van der Waals surface area contributed by atoms with Gasteiger partial charge in [0.2, 0.25) is 5.91 Å². The number of amides is 1. The number of aromatic carboxylic acids is 2. The molecule has 0 atom stereocenters. The van der Waals surface area contributed by atoms with Crippen LogP contribution in [0.1, 0.15) is 59.7 Å². The number of carbonyl (C=O) groups is 3. The van der Waals surface area contributed by atoms with E-state index in [1.54, 1.807) is 0 Å². The van der Waals surface area contributed by atoms with Crippen molar-refractivity contribution in [1.29, 1.82) is 0 Å². The Hall–Kier alpha value is -2.37. The van der Waals surface area contributed by atoms with Gasteiger partial charge < -0.3 is 15.5 Å². The van der Waals surface area contributed by atoms with Crippen LogP contribution in [-0.2, 0) is 4.79 Å². The van der Waals surface area contributed by atoms with Crippen LogP contribution >= 0.6 is 0 Å². The van der Waals surface area contributed by atoms with Crippen LogP contribution in [0, 0.1) is 5.41 Å². The summed E-state index contributed by atoms with van der Waals surface area (Å²) >= 11 is 0. The predicted molar refractivity (Wildman–Crippen MR) is 80.2 cm³/mol. The molecule has 6 heteroatoms. The van der Waals surface area contributed by atoms with E-state index >= 15 is 0 Å². The first-order chi connectivity index (χ1) is 10.3. The average Bonchev–Trinajstić information content (AvgIpc) is 2.47. The lowest BCUT2D eigenvalue weighted by atomic mass is 9.75. The smallest absolute Gasteiger partial charge is 0.335 e. The number of nitrogens with one attached hydrogen (secondary N) is 1. The highest BCUT2D eigenvalue weighted by molar-refractivity contribution is 6.00. The molecule has 118 valence electrons. The largest absolute Gasteiger partial charge is 0.478 e. The van der Waals surface area contributed by atoms with Crippen LogP contribution in [0.2, 0.25) is 0 Å². The number of carboxylic acid groups (broad SMARTS) is 2. The molecule has 22 heavy (non-hydrogen) atoms. The van der Waals surface area contributed by atoms with Gasteiger partial charge in [0.1, 0.15) is 0 Å². The van der Waals surface area contributed by atoms with E-state index in [1.165, 1.54) is 12.1 Å². The summed E-state index contributed by atoms with van der Waals surface area (Å²) in [4.78, 5) is 34.6. The summed E-state index contributed by atoms with van der Waals surface area (Å²) in [6, 6.07) is 3.63. The molecule has 0 aromatic heterocycles. The van der Waals surface area contributed by atoms with Gasteiger partial charge in [-0.05, 0) is 31.0 Å². The maximum atomic E-state index is 12.4. The van der Waals surface area contributed by atoms with Gasteiger partial charge in [0.05, 0.1) is 11.1 Å². The second-order valence-electron chi connectivity index (χ2n) is 5.98. The fraction of sp³-hybridized carbons (Fsp3) is 0.438. The number of anilines is 1. The molecule has 1 saturated carbocycles. The van der Waals surface area contributed by atoms with Gasteiger partial charge in [0, 0.05) is 11.1 Å². The standard InChI is InChI=1S/C16H19NO5/c1-16(5-3-2-4-6-16)15(22)17-12-8-10(13(18)19)7-11(9-12)14(20)21/h7-9H,2-6H2,1H3,(H,17,22)(H,18,19)(H,20,21). The summed E-state index contributed by atoms with van der Waals surface area (Å²) in [5, 5.41) is 20.8. The second-order valence-corrected chi connectivity index (χ2v) is 5.98. The van der Waals surface area contributed by atoms with Crippen LogP contribution in [0.25, 0.3) is 0 Å². The topological polar surface area (TPSA) is 104 Å². The molecule has 0 unspecified atom stereocenters. The van der Waals surface area contributed by atoms with Crippen molar-refractivity contribution in [2.75, 3.05) is 5.32 Å². The zero-order valence-corrected chi connectivity index (χ0v) is 12.4. The maximum absolute atomic E-state index is 12.4. The van der Waals surface area contributed by atoms with Gasteiger partial charge in [-0.3, -0.25) is 4.79 Å². The van der Waals surface area contributed by atoms with E-state index in [9.17, 15) is 14.4 Å². The van der Waals surface area contributed by atoms with Crippen LogP contribution in [0.5, 0.6) is 0 Å². The number of carbonyl (C=O) groups excluding carboxylic acids is 1. The molecule has 0 aliphatic heterocycles. The zero-order chi connectivity index (χ0) is 16.3. The Kier molecular flexibility index (Phi) is 4.49. The van der Waals surface area contributed by atoms with Crippen LogP contribution in [0.15, 0.2) is 18.2 Å². The summed E-state index contributed by atoms with van der Waals surface area (Å²) < 4.78 is 0. The first-order valence-electron chi connectivity index (χ1n) is 7.25. The summed E-state index contributed by atoms with van der Waals surface area (Å²) in [6.45, 7) is 1.89. The summed E-state index contributed by atoms with van der Waals surface area (Å²) in [6.07, 6.45) is 4.64. The Bertz CT molecular complexity index is 585. The van der Waals surface area contributed by atoms with Crippen molar-refractivity contribution < 1.29 is 24.6 Å². The molecule has 0 saturated heterocycles. The van der Waals surface area contributed by atoms with Crippen molar-refractivity contribution in [3.8, 4) is 0 Å². The molecular formula is C16H19NO5. The molecule has 0 radical (unpaired) electrons. The highest BCUT2D eigenvalue weighted by Gasteiger charge is 2.34. The molecule has 1 aromatic rings. The third-order valence-electron chi connectivity index (χ3n) is 4.19. The quantitative estimate of drug-likeness (QED) is 0.793. The number of rotatable bonds is 4. The van der Waals surface area contributed by atoms with Crippen molar-refractivity contribution in [2.45, 2.75) is 39.0 Å². The SMILES string of the molecule is CC1(C(=O)Nc2cc(C(=O)O)cc(C(=O)O)c2)CCCCC1. The maximum Gasteiger partial charge on any atom is 0.335 e. The number of carboxylic acids is 2. The number of hydrogen-bond donors (Lipinski definition) is 3. The Balaban J connectivity index is 2.26. The van der Waals surface area contributed by atoms with Crippen LogP contribution < -0.4 is 5.32 Å². The molecule has 3 N–H and O–H groups in total. The predicted octanol–water partition coefficient (Wildman–Crippen LogP) is 2.99. The van der Waals surface area contributed by atoms with E-state index in [-0.39, 0.29) is 22.7 Å². The van der Waals surface area contributed by atoms with Gasteiger partial charge in [-0.1, -0.05) is 26.2 Å². The molecule has 2 rings (SSSR count). The van der Waals surface area contributed by atoms with Crippen LogP contribution in [-0.4, -0.2) is 28.1 Å². The lowest BCUT2D eigenvalue weighted by molar-refractivity contribution is -0.126. The minimum atomic E-state index is -1.23. The van der Waals surface area contributed by atoms with E-state index < -0.39 is 17.4 Å². The average molecular weight is 305 g/mol. The van der Waals surface area contributed by atoms with Gasteiger partial charge >= 0.3 is 11.9 Å². The molecule has 1 fully saturated rings. The minimum absolute atomic E-state index is 0.163. The highest BCUT2D eigenvalue weighted by atomic mass is 16.4. The van der Waals surface area contributed by atoms with E-state index in [0.29, 0.717) is 0 Å². The zero-order valence-electron chi connectivity index (χ0n) is 12.4. The van der Waals surface area contributed by atoms with Crippen molar-refractivity contribution in [3.63, 3.8) is 0 Å². The van der Waals surface area contributed by atoms with E-state index in [4.69, 9.17) is 10.2 Å². The molecule has 1 aliphatic carbocycles. The Labute approximate surface area is 128 Å². The Morgan fingerprint density at radius 2 is 1.45 bits per heavy atom. The molecule has 0 heterocycles. The highest BCUT2D eigenvalue weighted by Crippen LogP contribution is 2.36. The van der Waals surface area contributed by atoms with Crippen molar-refractivity contribution in [3.05, 3.63) is 29.3 Å². The van der Waals surface area contributed by atoms with Gasteiger partial charge in [-0.15, -0.1) is 0 Å². The fourth-order valence-electron chi connectivity index (χ4n) is 2.79. The molecule has 1 aromatic carbocycles. The monoisotopic (exact) mass is 305 g/mol. The molecule has 1 amide bonds. The molecule has 1 aliphatic rings. The van der Waals surface area contributed by atoms with Gasteiger partial charge in [0.15, 0.2) is 0 Å². The van der Waals surface area contributed by atoms with Crippen LogP contribution in [0.3, 0.4) is 0 Å². The number of benzene rings is 1.